The standard InChI is InChI=1S/C17H26N4O3/c1-3-21-16-13(10-19-21)15(14(9-18-16)17(23)24-4-2)20-11-6-5-7-12(22)8-11/h10-12,18,20,22H,3-9H2,1-2H3/t11-,12+/m0/s1. The Morgan fingerprint density at radius 1 is 1.50 bits per heavy atom. The Morgan fingerprint density at radius 2 is 2.33 bits per heavy atom. The van der Waals surface area contributed by atoms with E-state index in [1.165, 1.54) is 0 Å². The lowest BCUT2D eigenvalue weighted by molar-refractivity contribution is -0.138. The van der Waals surface area contributed by atoms with Crippen molar-refractivity contribution in [2.45, 2.75) is 58.2 Å². The van der Waals surface area contributed by atoms with Gasteiger partial charge in [-0.05, 0) is 39.5 Å². The molecular formula is C17H26N4O3. The van der Waals surface area contributed by atoms with Gasteiger partial charge in [-0.15, -0.1) is 0 Å². The minimum atomic E-state index is -0.307. The van der Waals surface area contributed by atoms with Gasteiger partial charge in [0.05, 0.1) is 42.3 Å². The van der Waals surface area contributed by atoms with Gasteiger partial charge in [0, 0.05) is 12.6 Å². The summed E-state index contributed by atoms with van der Waals surface area (Å²) in [4.78, 5) is 12.4. The van der Waals surface area contributed by atoms with E-state index in [4.69, 9.17) is 4.74 Å². The maximum Gasteiger partial charge on any atom is 0.337 e. The van der Waals surface area contributed by atoms with Crippen LogP contribution in [0.3, 0.4) is 0 Å². The zero-order valence-corrected chi connectivity index (χ0v) is 14.3. The van der Waals surface area contributed by atoms with E-state index in [0.717, 1.165) is 42.9 Å². The molecular weight excluding hydrogens is 308 g/mol. The highest BCUT2D eigenvalue weighted by Gasteiger charge is 2.30. The number of nitrogens with zero attached hydrogens (tertiary/aromatic N) is 2. The molecule has 1 aromatic rings. The van der Waals surface area contributed by atoms with Crippen LogP contribution in [0.1, 0.15) is 45.1 Å². The Labute approximate surface area is 142 Å². The number of hydrogen-bond donors (Lipinski definition) is 3. The van der Waals surface area contributed by atoms with Crippen molar-refractivity contribution >= 4 is 17.5 Å². The van der Waals surface area contributed by atoms with Crippen molar-refractivity contribution in [2.75, 3.05) is 18.5 Å². The van der Waals surface area contributed by atoms with E-state index in [1.807, 2.05) is 11.6 Å². The summed E-state index contributed by atoms with van der Waals surface area (Å²) in [6.07, 6.45) is 5.03. The second kappa shape index (κ2) is 7.25. The van der Waals surface area contributed by atoms with Crippen LogP contribution in [0.2, 0.25) is 0 Å². The molecule has 3 N–H and O–H groups in total. The van der Waals surface area contributed by atoms with Gasteiger partial charge in [-0.25, -0.2) is 9.48 Å². The fourth-order valence-corrected chi connectivity index (χ4v) is 3.47. The molecule has 2 heterocycles. The Kier molecular flexibility index (Phi) is 5.08. The zero-order valence-electron chi connectivity index (χ0n) is 14.3. The molecule has 0 bridgehead atoms. The summed E-state index contributed by atoms with van der Waals surface area (Å²) in [6.45, 7) is 5.35. The predicted molar refractivity (Wildman–Crippen MR) is 91.3 cm³/mol. The second-order valence-electron chi connectivity index (χ2n) is 6.31. The number of aryl methyl sites for hydroxylation is 1. The summed E-state index contributed by atoms with van der Waals surface area (Å²) >= 11 is 0. The number of anilines is 1. The zero-order chi connectivity index (χ0) is 17.1. The molecule has 24 heavy (non-hydrogen) atoms. The SMILES string of the molecule is CCOC(=O)C1=C(N[C@H]2CCC[C@@H](O)C2)c2cnn(CC)c2NC1. The van der Waals surface area contributed by atoms with Crippen molar-refractivity contribution in [1.29, 1.82) is 0 Å². The van der Waals surface area contributed by atoms with E-state index in [9.17, 15) is 9.90 Å². The van der Waals surface area contributed by atoms with Crippen molar-refractivity contribution in [2.24, 2.45) is 0 Å². The molecule has 0 spiro atoms. The number of ether oxygens (including phenoxy) is 1. The molecule has 0 radical (unpaired) electrons. The first-order valence-electron chi connectivity index (χ1n) is 8.78. The molecule has 3 rings (SSSR count). The lowest BCUT2D eigenvalue weighted by atomic mass is 9.92. The number of aliphatic hydroxyl groups excluding tert-OH is 1. The van der Waals surface area contributed by atoms with Gasteiger partial charge in [0.2, 0.25) is 0 Å². The third kappa shape index (κ3) is 3.26. The maximum atomic E-state index is 12.4. The van der Waals surface area contributed by atoms with Crippen LogP contribution in [-0.4, -0.2) is 46.2 Å². The van der Waals surface area contributed by atoms with Crippen molar-refractivity contribution in [3.8, 4) is 0 Å². The first-order chi connectivity index (χ1) is 11.6. The van der Waals surface area contributed by atoms with Gasteiger partial charge in [0.25, 0.3) is 0 Å². The number of fused-ring (bicyclic) bond motifs is 1. The fraction of sp³-hybridized carbons (Fsp3) is 0.647. The summed E-state index contributed by atoms with van der Waals surface area (Å²) in [5, 5.41) is 21.1. The molecule has 1 fully saturated rings. The maximum absolute atomic E-state index is 12.4. The topological polar surface area (TPSA) is 88.4 Å². The van der Waals surface area contributed by atoms with Gasteiger partial charge in [-0.3, -0.25) is 0 Å². The minimum Gasteiger partial charge on any atom is -0.463 e. The fourth-order valence-electron chi connectivity index (χ4n) is 3.47. The van der Waals surface area contributed by atoms with E-state index in [-0.39, 0.29) is 18.1 Å². The number of aromatic nitrogens is 2. The van der Waals surface area contributed by atoms with Gasteiger partial charge in [-0.2, -0.15) is 5.10 Å². The number of rotatable bonds is 5. The molecule has 2 aliphatic rings. The van der Waals surface area contributed by atoms with Crippen LogP contribution in [0.4, 0.5) is 5.82 Å². The molecule has 7 nitrogen and oxygen atoms in total. The first-order valence-corrected chi connectivity index (χ1v) is 8.78. The minimum absolute atomic E-state index is 0.157. The number of hydrogen-bond acceptors (Lipinski definition) is 6. The molecule has 1 aromatic heterocycles. The molecule has 0 aromatic carbocycles. The smallest absolute Gasteiger partial charge is 0.337 e. The molecule has 0 unspecified atom stereocenters. The lowest BCUT2D eigenvalue weighted by Crippen LogP contribution is -2.38. The summed E-state index contributed by atoms with van der Waals surface area (Å²) in [5.74, 6) is 0.614. The van der Waals surface area contributed by atoms with Crippen LogP contribution >= 0.6 is 0 Å². The second-order valence-corrected chi connectivity index (χ2v) is 6.31. The molecule has 1 aliphatic carbocycles. The number of carbonyl (C=O) groups is 1. The van der Waals surface area contributed by atoms with Crippen LogP contribution in [0.15, 0.2) is 11.8 Å². The van der Waals surface area contributed by atoms with Crippen molar-refractivity contribution in [1.82, 2.24) is 15.1 Å². The Balaban J connectivity index is 1.93. The quantitative estimate of drug-likeness (QED) is 0.707. The van der Waals surface area contributed by atoms with E-state index in [0.29, 0.717) is 25.1 Å². The van der Waals surface area contributed by atoms with Crippen LogP contribution in [0.5, 0.6) is 0 Å². The monoisotopic (exact) mass is 334 g/mol. The highest BCUT2D eigenvalue weighted by Crippen LogP contribution is 2.31. The highest BCUT2D eigenvalue weighted by atomic mass is 16.5. The number of nitrogens with one attached hydrogen (secondary N) is 2. The summed E-state index contributed by atoms with van der Waals surface area (Å²) in [7, 11) is 0. The summed E-state index contributed by atoms with van der Waals surface area (Å²) < 4.78 is 7.10. The first kappa shape index (κ1) is 16.8. The molecule has 0 saturated heterocycles. The van der Waals surface area contributed by atoms with Crippen LogP contribution in [0.25, 0.3) is 5.70 Å². The van der Waals surface area contributed by atoms with Gasteiger partial charge in [0.15, 0.2) is 0 Å². The largest absolute Gasteiger partial charge is 0.463 e. The molecule has 1 saturated carbocycles. The average Bonchev–Trinajstić information content (AvgIpc) is 2.99. The number of carbonyl (C=O) groups excluding carboxylic acids is 1. The third-order valence-electron chi connectivity index (χ3n) is 4.66. The normalized spacial score (nSPS) is 23.5. The average molecular weight is 334 g/mol. The van der Waals surface area contributed by atoms with E-state index in [1.54, 1.807) is 13.1 Å². The van der Waals surface area contributed by atoms with Gasteiger partial charge in [-0.1, -0.05) is 0 Å². The number of esters is 1. The van der Waals surface area contributed by atoms with Crippen LogP contribution < -0.4 is 10.6 Å². The van der Waals surface area contributed by atoms with E-state index >= 15 is 0 Å². The Hall–Kier alpha value is -2.02. The van der Waals surface area contributed by atoms with Gasteiger partial charge >= 0.3 is 5.97 Å². The molecule has 2 atom stereocenters. The predicted octanol–water partition coefficient (Wildman–Crippen LogP) is 1.50. The van der Waals surface area contributed by atoms with E-state index in [2.05, 4.69) is 15.7 Å². The Morgan fingerprint density at radius 3 is 3.04 bits per heavy atom. The lowest BCUT2D eigenvalue weighted by Gasteiger charge is -2.31. The molecule has 132 valence electrons. The van der Waals surface area contributed by atoms with Gasteiger partial charge < -0.3 is 20.5 Å². The molecule has 7 heteroatoms. The van der Waals surface area contributed by atoms with Crippen LogP contribution in [0, 0.1) is 0 Å². The van der Waals surface area contributed by atoms with Crippen molar-refractivity contribution in [3.05, 3.63) is 17.3 Å². The molecule has 1 aliphatic heterocycles. The van der Waals surface area contributed by atoms with Crippen LogP contribution in [-0.2, 0) is 16.1 Å². The third-order valence-corrected chi connectivity index (χ3v) is 4.66. The van der Waals surface area contributed by atoms with Gasteiger partial charge in [0.1, 0.15) is 5.82 Å². The van der Waals surface area contributed by atoms with Crippen molar-refractivity contribution < 1.29 is 14.6 Å². The summed E-state index contributed by atoms with van der Waals surface area (Å²) in [6, 6.07) is 0.157. The highest BCUT2D eigenvalue weighted by molar-refractivity contribution is 6.01. The van der Waals surface area contributed by atoms with Crippen molar-refractivity contribution in [3.63, 3.8) is 0 Å². The summed E-state index contributed by atoms with van der Waals surface area (Å²) in [5.41, 5.74) is 2.28. The Bertz CT molecular complexity index is 638. The van der Waals surface area contributed by atoms with E-state index < -0.39 is 0 Å². The molecule has 0 amide bonds. The number of aliphatic hydroxyl groups is 1.